The number of aliphatic hydroxyl groups is 1. The van der Waals surface area contributed by atoms with E-state index in [2.05, 4.69) is 0 Å². The largest absolute Gasteiger partial charge is 0.479 e. The van der Waals surface area contributed by atoms with Crippen molar-refractivity contribution >= 4 is 5.97 Å². The molecule has 0 bridgehead atoms. The molecule has 94 valence electrons. The minimum absolute atomic E-state index is 0.325. The molecule has 17 heavy (non-hydrogen) atoms. The molecule has 1 aromatic carbocycles. The molecule has 0 saturated carbocycles. The van der Waals surface area contributed by atoms with E-state index in [1.165, 1.54) is 6.92 Å². The molecule has 2 atom stereocenters. The van der Waals surface area contributed by atoms with Crippen molar-refractivity contribution in [3.63, 3.8) is 0 Å². The summed E-state index contributed by atoms with van der Waals surface area (Å²) in [7, 11) is 0. The van der Waals surface area contributed by atoms with Gasteiger partial charge >= 0.3 is 5.97 Å². The molecule has 0 fully saturated rings. The topological polar surface area (TPSA) is 57.5 Å². The van der Waals surface area contributed by atoms with Crippen LogP contribution in [-0.4, -0.2) is 21.8 Å². The van der Waals surface area contributed by atoms with E-state index in [0.29, 0.717) is 12.3 Å². The summed E-state index contributed by atoms with van der Waals surface area (Å²) in [6.07, 6.45) is 0.642. The van der Waals surface area contributed by atoms with Crippen molar-refractivity contribution in [2.75, 3.05) is 0 Å². The van der Waals surface area contributed by atoms with Crippen LogP contribution in [0.3, 0.4) is 0 Å². The normalized spacial score (nSPS) is 16.5. The predicted octanol–water partition coefficient (Wildman–Crippen LogP) is 2.65. The maximum atomic E-state index is 11.2. The second-order valence-corrected chi connectivity index (χ2v) is 5.05. The Bertz CT molecular complexity index is 368. The van der Waals surface area contributed by atoms with Gasteiger partial charge < -0.3 is 10.2 Å². The molecule has 3 heteroatoms. The molecule has 2 unspecified atom stereocenters. The van der Waals surface area contributed by atoms with Crippen LogP contribution in [0.25, 0.3) is 0 Å². The Morgan fingerprint density at radius 1 is 1.29 bits per heavy atom. The summed E-state index contributed by atoms with van der Waals surface area (Å²) >= 11 is 0. The summed E-state index contributed by atoms with van der Waals surface area (Å²) in [4.78, 5) is 11.2. The third-order valence-corrected chi connectivity index (χ3v) is 3.02. The van der Waals surface area contributed by atoms with Gasteiger partial charge in [0.25, 0.3) is 0 Å². The van der Waals surface area contributed by atoms with Crippen molar-refractivity contribution < 1.29 is 15.0 Å². The molecular formula is C14H20O3. The third-order valence-electron chi connectivity index (χ3n) is 3.02. The van der Waals surface area contributed by atoms with Crippen LogP contribution in [0, 0.1) is 5.92 Å². The van der Waals surface area contributed by atoms with Crippen molar-refractivity contribution in [1.82, 2.24) is 0 Å². The zero-order chi connectivity index (χ0) is 13.1. The summed E-state index contributed by atoms with van der Waals surface area (Å²) in [5.41, 5.74) is -0.861. The molecule has 0 aliphatic heterocycles. The third kappa shape index (κ3) is 3.30. The number of benzene rings is 1. The van der Waals surface area contributed by atoms with E-state index in [9.17, 15) is 9.90 Å². The number of hydrogen-bond donors (Lipinski definition) is 2. The molecular weight excluding hydrogens is 216 g/mol. The van der Waals surface area contributed by atoms with Crippen molar-refractivity contribution in [3.8, 4) is 0 Å². The standard InChI is InChI=1S/C14H20O3/c1-10(2)9-12(14(3,17)13(15)16)11-7-5-4-6-8-11/h4-8,10,12,17H,9H2,1-3H3,(H,15,16). The quantitative estimate of drug-likeness (QED) is 0.826. The predicted molar refractivity (Wildman–Crippen MR) is 66.9 cm³/mol. The van der Waals surface area contributed by atoms with E-state index < -0.39 is 11.6 Å². The minimum atomic E-state index is -1.73. The Morgan fingerprint density at radius 2 is 1.82 bits per heavy atom. The zero-order valence-corrected chi connectivity index (χ0v) is 10.6. The maximum absolute atomic E-state index is 11.2. The highest BCUT2D eigenvalue weighted by Crippen LogP contribution is 2.34. The Hall–Kier alpha value is -1.35. The number of carbonyl (C=O) groups is 1. The molecule has 0 aliphatic rings. The van der Waals surface area contributed by atoms with Gasteiger partial charge in [-0.25, -0.2) is 4.79 Å². The second kappa shape index (κ2) is 5.32. The van der Waals surface area contributed by atoms with Gasteiger partial charge in [0.05, 0.1) is 0 Å². The minimum Gasteiger partial charge on any atom is -0.479 e. The van der Waals surface area contributed by atoms with Gasteiger partial charge in [0.2, 0.25) is 0 Å². The Balaban J connectivity index is 3.09. The highest BCUT2D eigenvalue weighted by Gasteiger charge is 2.40. The lowest BCUT2D eigenvalue weighted by atomic mass is 9.78. The number of hydrogen-bond acceptors (Lipinski definition) is 2. The van der Waals surface area contributed by atoms with Gasteiger partial charge in [0.1, 0.15) is 0 Å². The first-order chi connectivity index (χ1) is 7.85. The smallest absolute Gasteiger partial charge is 0.336 e. The SMILES string of the molecule is CC(C)CC(c1ccccc1)C(C)(O)C(=O)O. The average molecular weight is 236 g/mol. The first-order valence-corrected chi connectivity index (χ1v) is 5.86. The van der Waals surface area contributed by atoms with E-state index >= 15 is 0 Å². The molecule has 0 heterocycles. The molecule has 0 aromatic heterocycles. The summed E-state index contributed by atoms with van der Waals surface area (Å²) in [6.45, 7) is 5.41. The molecule has 1 rings (SSSR count). The fourth-order valence-corrected chi connectivity index (χ4v) is 2.00. The first-order valence-electron chi connectivity index (χ1n) is 5.86. The molecule has 0 spiro atoms. The van der Waals surface area contributed by atoms with Crippen LogP contribution in [0.2, 0.25) is 0 Å². The van der Waals surface area contributed by atoms with Crippen LogP contribution in [0.15, 0.2) is 30.3 Å². The molecule has 0 saturated heterocycles. The molecule has 0 radical (unpaired) electrons. The summed E-state index contributed by atoms with van der Waals surface area (Å²) in [5, 5.41) is 19.3. The highest BCUT2D eigenvalue weighted by atomic mass is 16.4. The molecule has 0 aliphatic carbocycles. The average Bonchev–Trinajstić information content (AvgIpc) is 2.26. The lowest BCUT2D eigenvalue weighted by molar-refractivity contribution is -0.159. The van der Waals surface area contributed by atoms with Crippen molar-refractivity contribution in [2.24, 2.45) is 5.92 Å². The summed E-state index contributed by atoms with van der Waals surface area (Å²) in [5.74, 6) is -1.24. The van der Waals surface area contributed by atoms with E-state index in [1.807, 2.05) is 44.2 Å². The van der Waals surface area contributed by atoms with Crippen LogP contribution in [-0.2, 0) is 4.79 Å². The Kier molecular flexibility index (Phi) is 4.29. The van der Waals surface area contributed by atoms with Crippen molar-refractivity contribution in [1.29, 1.82) is 0 Å². The van der Waals surface area contributed by atoms with Crippen LogP contribution >= 0.6 is 0 Å². The molecule has 2 N–H and O–H groups in total. The van der Waals surface area contributed by atoms with E-state index in [4.69, 9.17) is 5.11 Å². The summed E-state index contributed by atoms with van der Waals surface area (Å²) in [6, 6.07) is 9.33. The fraction of sp³-hybridized carbons (Fsp3) is 0.500. The van der Waals surface area contributed by atoms with Gasteiger partial charge in [-0.1, -0.05) is 44.2 Å². The Labute approximate surface area is 102 Å². The van der Waals surface area contributed by atoms with E-state index in [1.54, 1.807) is 0 Å². The van der Waals surface area contributed by atoms with Crippen molar-refractivity contribution in [3.05, 3.63) is 35.9 Å². The van der Waals surface area contributed by atoms with Gasteiger partial charge in [-0.15, -0.1) is 0 Å². The lowest BCUT2D eigenvalue weighted by Crippen LogP contribution is -2.42. The van der Waals surface area contributed by atoms with Gasteiger partial charge in [-0.05, 0) is 24.8 Å². The maximum Gasteiger partial charge on any atom is 0.336 e. The van der Waals surface area contributed by atoms with Crippen molar-refractivity contribution in [2.45, 2.75) is 38.7 Å². The molecule has 3 nitrogen and oxygen atoms in total. The van der Waals surface area contributed by atoms with Crippen LogP contribution in [0.1, 0.15) is 38.7 Å². The van der Waals surface area contributed by atoms with E-state index in [-0.39, 0.29) is 5.92 Å². The number of rotatable bonds is 5. The summed E-state index contributed by atoms with van der Waals surface area (Å²) < 4.78 is 0. The monoisotopic (exact) mass is 236 g/mol. The van der Waals surface area contributed by atoms with Gasteiger partial charge in [-0.2, -0.15) is 0 Å². The second-order valence-electron chi connectivity index (χ2n) is 5.05. The van der Waals surface area contributed by atoms with Crippen LogP contribution in [0.4, 0.5) is 0 Å². The zero-order valence-electron chi connectivity index (χ0n) is 10.6. The van der Waals surface area contributed by atoms with Gasteiger partial charge in [0.15, 0.2) is 5.60 Å². The number of aliphatic carboxylic acids is 1. The van der Waals surface area contributed by atoms with Gasteiger partial charge in [0, 0.05) is 5.92 Å². The van der Waals surface area contributed by atoms with Gasteiger partial charge in [-0.3, -0.25) is 0 Å². The Morgan fingerprint density at radius 3 is 2.24 bits per heavy atom. The van der Waals surface area contributed by atoms with E-state index in [0.717, 1.165) is 5.56 Å². The molecule has 1 aromatic rings. The number of carboxylic acid groups (broad SMARTS) is 1. The lowest BCUT2D eigenvalue weighted by Gasteiger charge is -2.30. The molecule has 0 amide bonds. The highest BCUT2D eigenvalue weighted by molar-refractivity contribution is 5.78. The van der Waals surface area contributed by atoms with Crippen LogP contribution < -0.4 is 0 Å². The van der Waals surface area contributed by atoms with Crippen LogP contribution in [0.5, 0.6) is 0 Å². The number of carboxylic acids is 1. The first kappa shape index (κ1) is 13.7. The fourth-order valence-electron chi connectivity index (χ4n) is 2.00.